The molecule has 0 aromatic rings. The van der Waals surface area contributed by atoms with Gasteiger partial charge in [0.05, 0.1) is 6.61 Å². The van der Waals surface area contributed by atoms with Crippen LogP contribution in [0.4, 0.5) is 0 Å². The van der Waals surface area contributed by atoms with E-state index in [4.69, 9.17) is 23.2 Å². The summed E-state index contributed by atoms with van der Waals surface area (Å²) < 4.78 is 4.68. The zero-order valence-corrected chi connectivity index (χ0v) is 5.35. The number of hydrogen-bond donors (Lipinski definition) is 0. The summed E-state index contributed by atoms with van der Waals surface area (Å²) in [6.07, 6.45) is 0. The monoisotopic (exact) mass is 158 g/mol. The van der Waals surface area contributed by atoms with Crippen molar-refractivity contribution in [2.75, 3.05) is 6.61 Å². The van der Waals surface area contributed by atoms with Crippen LogP contribution < -0.4 is 0 Å². The van der Waals surface area contributed by atoms with Gasteiger partial charge in [0.2, 0.25) is 0 Å². The second-order valence-corrected chi connectivity index (χ2v) is 2.05. The van der Waals surface area contributed by atoms with Crippen LogP contribution in [0.1, 0.15) is 0 Å². The van der Waals surface area contributed by atoms with Crippen LogP contribution in [0.15, 0.2) is 0 Å². The fourth-order valence-corrected chi connectivity index (χ4v) is 0.540. The molecule has 0 N–H and O–H groups in total. The molecule has 1 aliphatic heterocycles. The van der Waals surface area contributed by atoms with Crippen molar-refractivity contribution in [3.63, 3.8) is 0 Å². The molecule has 1 heterocycles. The average molecular weight is 159 g/mol. The van der Waals surface area contributed by atoms with Gasteiger partial charge in [0, 0.05) is 0 Å². The highest BCUT2D eigenvalue weighted by molar-refractivity contribution is 6.20. The molecule has 0 spiro atoms. The van der Waals surface area contributed by atoms with Gasteiger partial charge in [-0.2, -0.15) is 4.89 Å². The third-order valence-electron chi connectivity index (χ3n) is 0.594. The first kappa shape index (κ1) is 6.58. The first-order valence-corrected chi connectivity index (χ1v) is 2.88. The summed E-state index contributed by atoms with van der Waals surface area (Å²) in [5.74, 6) is -0.815. The third-order valence-corrected chi connectivity index (χ3v) is 0.991. The topological polar surface area (TPSA) is 27.7 Å². The molecule has 0 saturated carbocycles. The zero-order chi connectivity index (χ0) is 5.98. The second-order valence-electron chi connectivity index (χ2n) is 1.21. The van der Waals surface area contributed by atoms with Gasteiger partial charge < -0.3 is 4.74 Å². The Morgan fingerprint density at radius 2 is 2.00 bits per heavy atom. The summed E-state index contributed by atoms with van der Waals surface area (Å²) in [5.41, 5.74) is -0.537. The molecule has 8 heavy (non-hydrogen) atoms. The van der Waals surface area contributed by atoms with Crippen LogP contribution in [0.2, 0.25) is 0 Å². The normalized spacial score (nSPS) is 39.8. The van der Waals surface area contributed by atoms with E-state index in [1.807, 2.05) is 0 Å². The van der Waals surface area contributed by atoms with E-state index in [-0.39, 0.29) is 6.61 Å². The highest BCUT2D eigenvalue weighted by Gasteiger charge is 2.18. The highest BCUT2D eigenvalue weighted by atomic mass is 35.5. The summed E-state index contributed by atoms with van der Waals surface area (Å²) in [7, 11) is 0. The maximum atomic E-state index is 5.35. The minimum absolute atomic E-state index is 0.260. The maximum absolute atomic E-state index is 5.35. The van der Waals surface area contributed by atoms with E-state index in [0.29, 0.717) is 0 Å². The van der Waals surface area contributed by atoms with Crippen LogP contribution in [-0.4, -0.2) is 17.9 Å². The third kappa shape index (κ3) is 1.76. The van der Waals surface area contributed by atoms with E-state index >= 15 is 0 Å². The van der Waals surface area contributed by atoms with E-state index in [2.05, 4.69) is 14.5 Å². The van der Waals surface area contributed by atoms with Crippen molar-refractivity contribution in [2.45, 2.75) is 11.3 Å². The first-order valence-electron chi connectivity index (χ1n) is 2.01. The van der Waals surface area contributed by atoms with Gasteiger partial charge in [0.15, 0.2) is 5.56 Å². The molecular weight excluding hydrogens is 155 g/mol. The van der Waals surface area contributed by atoms with Gasteiger partial charge >= 0.3 is 0 Å². The number of alkyl halides is 2. The molecular formula is C3H4Cl2O3. The molecule has 48 valence electrons. The number of ether oxygens (including phenoxy) is 1. The van der Waals surface area contributed by atoms with Crippen molar-refractivity contribution >= 4 is 23.2 Å². The molecule has 0 aliphatic carbocycles. The minimum atomic E-state index is -0.815. The largest absolute Gasteiger partial charge is 0.334 e. The smallest absolute Gasteiger partial charge is 0.268 e. The molecule has 0 unspecified atom stereocenters. The van der Waals surface area contributed by atoms with Crippen molar-refractivity contribution in [1.29, 1.82) is 0 Å². The number of rotatable bonds is 0. The van der Waals surface area contributed by atoms with E-state index < -0.39 is 11.3 Å². The fourth-order valence-electron chi connectivity index (χ4n) is 0.311. The Labute approximate surface area is 56.3 Å². The molecule has 5 heteroatoms. The molecule has 2 atom stereocenters. The summed E-state index contributed by atoms with van der Waals surface area (Å²) >= 11 is 10.6. The van der Waals surface area contributed by atoms with E-state index in [9.17, 15) is 0 Å². The standard InChI is InChI=1S/C3H4Cl2O3/c4-2-1-6-3(5)8-7-2/h2-3H,1H2/t2-,3+/m1/s1. The quantitative estimate of drug-likeness (QED) is 0.390. The highest BCUT2D eigenvalue weighted by Crippen LogP contribution is 2.13. The van der Waals surface area contributed by atoms with Gasteiger partial charge in [-0.15, -0.1) is 0 Å². The Balaban J connectivity index is 2.19. The Hall–Kier alpha value is 0.460. The summed E-state index contributed by atoms with van der Waals surface area (Å²) in [5, 5.41) is 0. The van der Waals surface area contributed by atoms with Crippen LogP contribution in [0.3, 0.4) is 0 Å². The number of hydrogen-bond acceptors (Lipinski definition) is 3. The van der Waals surface area contributed by atoms with E-state index in [1.54, 1.807) is 0 Å². The molecule has 1 rings (SSSR count). The lowest BCUT2D eigenvalue weighted by atomic mass is 10.8. The number of halogens is 2. The molecule has 1 fully saturated rings. The van der Waals surface area contributed by atoms with Crippen LogP contribution in [0, 0.1) is 0 Å². The van der Waals surface area contributed by atoms with Gasteiger partial charge in [-0.25, -0.2) is 4.89 Å². The van der Waals surface area contributed by atoms with Crippen LogP contribution in [0.5, 0.6) is 0 Å². The van der Waals surface area contributed by atoms with Crippen LogP contribution in [0.25, 0.3) is 0 Å². The van der Waals surface area contributed by atoms with Gasteiger partial charge in [-0.05, 0) is 0 Å². The van der Waals surface area contributed by atoms with Gasteiger partial charge in [-0.1, -0.05) is 23.2 Å². The molecule has 0 aromatic carbocycles. The van der Waals surface area contributed by atoms with Crippen molar-refractivity contribution in [3.05, 3.63) is 0 Å². The lowest BCUT2D eigenvalue weighted by Crippen LogP contribution is -2.26. The van der Waals surface area contributed by atoms with Gasteiger partial charge in [0.1, 0.15) is 0 Å². The fraction of sp³-hybridized carbons (Fsp3) is 1.00. The first-order chi connectivity index (χ1) is 3.79. The Bertz CT molecular complexity index is 60.9. The zero-order valence-electron chi connectivity index (χ0n) is 3.84. The van der Waals surface area contributed by atoms with Gasteiger partial charge in [-0.3, -0.25) is 0 Å². The van der Waals surface area contributed by atoms with Crippen LogP contribution in [-0.2, 0) is 14.5 Å². The van der Waals surface area contributed by atoms with Crippen LogP contribution >= 0.6 is 23.2 Å². The molecule has 0 bridgehead atoms. The molecule has 0 radical (unpaired) electrons. The second kappa shape index (κ2) is 2.85. The molecule has 3 nitrogen and oxygen atoms in total. The molecule has 1 saturated heterocycles. The lowest BCUT2D eigenvalue weighted by Gasteiger charge is -2.19. The average Bonchev–Trinajstić information content (AvgIpc) is 1.77. The van der Waals surface area contributed by atoms with Gasteiger partial charge in [0.25, 0.3) is 5.75 Å². The Kier molecular flexibility index (Phi) is 2.34. The predicted octanol–water partition coefficient (Wildman–Crippen LogP) is 1.05. The maximum Gasteiger partial charge on any atom is 0.268 e. The Morgan fingerprint density at radius 1 is 1.25 bits per heavy atom. The minimum Gasteiger partial charge on any atom is -0.334 e. The van der Waals surface area contributed by atoms with E-state index in [1.165, 1.54) is 0 Å². The summed E-state index contributed by atoms with van der Waals surface area (Å²) in [6, 6.07) is 0. The van der Waals surface area contributed by atoms with Crippen molar-refractivity contribution in [1.82, 2.24) is 0 Å². The summed E-state index contributed by atoms with van der Waals surface area (Å²) in [6.45, 7) is 0.260. The lowest BCUT2D eigenvalue weighted by molar-refractivity contribution is -0.402. The van der Waals surface area contributed by atoms with E-state index in [0.717, 1.165) is 0 Å². The molecule has 1 aliphatic rings. The predicted molar refractivity (Wildman–Crippen MR) is 27.4 cm³/mol. The van der Waals surface area contributed by atoms with Crippen molar-refractivity contribution in [3.8, 4) is 0 Å². The summed E-state index contributed by atoms with van der Waals surface area (Å²) in [4.78, 5) is 8.70. The van der Waals surface area contributed by atoms with Crippen molar-refractivity contribution in [2.24, 2.45) is 0 Å². The Morgan fingerprint density at radius 3 is 2.38 bits per heavy atom. The molecule has 0 aromatic heterocycles. The molecule has 0 amide bonds. The van der Waals surface area contributed by atoms with Crippen molar-refractivity contribution < 1.29 is 14.5 Å². The SMILES string of the molecule is Cl[C@H]1OC[C@H](Cl)OO1.